The van der Waals surface area contributed by atoms with E-state index in [2.05, 4.69) is 5.32 Å². The first-order valence-electron chi connectivity index (χ1n) is 11.8. The van der Waals surface area contributed by atoms with Crippen molar-refractivity contribution < 1.29 is 18.0 Å². The maximum atomic E-state index is 13.8. The molecule has 0 bridgehead atoms. The van der Waals surface area contributed by atoms with Crippen LogP contribution in [0, 0.1) is 6.92 Å². The molecule has 1 atom stereocenters. The van der Waals surface area contributed by atoms with Crippen LogP contribution in [0.25, 0.3) is 0 Å². The van der Waals surface area contributed by atoms with Gasteiger partial charge in [-0.2, -0.15) is 0 Å². The summed E-state index contributed by atoms with van der Waals surface area (Å²) in [5, 5.41) is 3.62. The van der Waals surface area contributed by atoms with E-state index < -0.39 is 28.5 Å². The lowest BCUT2D eigenvalue weighted by molar-refractivity contribution is -0.139. The number of benzene rings is 3. The fraction of sp³-hybridized carbons (Fsp3) is 0.259. The van der Waals surface area contributed by atoms with E-state index in [0.29, 0.717) is 11.6 Å². The summed E-state index contributed by atoms with van der Waals surface area (Å²) >= 11 is 18.3. The molecule has 0 heterocycles. The zero-order chi connectivity index (χ0) is 28.0. The standard InChI is InChI=1S/C27H28Cl3N3O4S/c1-4-31-27(35)19(3)32(16-20-7-9-21(28)10-8-20)26(34)17-33(22-11-14-24(29)25(30)15-22)38(36,37)23-12-5-18(2)6-13-23/h5-15,19H,4,16-17H2,1-3H3,(H,31,35)/t19-/m0/s1. The normalized spacial score (nSPS) is 12.1. The number of anilines is 1. The fourth-order valence-electron chi connectivity index (χ4n) is 3.70. The number of hydrogen-bond donors (Lipinski definition) is 1. The van der Waals surface area contributed by atoms with Crippen molar-refractivity contribution in [2.24, 2.45) is 0 Å². The second-order valence-electron chi connectivity index (χ2n) is 8.64. The summed E-state index contributed by atoms with van der Waals surface area (Å²) in [5.41, 5.74) is 1.76. The zero-order valence-electron chi connectivity index (χ0n) is 21.1. The number of sulfonamides is 1. The molecule has 11 heteroatoms. The minimum absolute atomic E-state index is 0.00278. The van der Waals surface area contributed by atoms with Crippen molar-refractivity contribution in [2.75, 3.05) is 17.4 Å². The Kier molecular flexibility index (Phi) is 10.1. The highest BCUT2D eigenvalue weighted by molar-refractivity contribution is 7.92. The van der Waals surface area contributed by atoms with E-state index in [-0.39, 0.29) is 33.1 Å². The van der Waals surface area contributed by atoms with Crippen LogP contribution in [0.5, 0.6) is 0 Å². The highest BCUT2D eigenvalue weighted by atomic mass is 35.5. The van der Waals surface area contributed by atoms with Crippen molar-refractivity contribution in [1.29, 1.82) is 0 Å². The molecule has 38 heavy (non-hydrogen) atoms. The lowest BCUT2D eigenvalue weighted by Crippen LogP contribution is -2.51. The number of likely N-dealkylation sites (N-methyl/N-ethyl adjacent to an activating group) is 1. The third kappa shape index (κ3) is 7.20. The van der Waals surface area contributed by atoms with Crippen LogP contribution in [0.4, 0.5) is 5.69 Å². The van der Waals surface area contributed by atoms with Gasteiger partial charge in [-0.1, -0.05) is 64.6 Å². The number of hydrogen-bond acceptors (Lipinski definition) is 4. The molecule has 0 fully saturated rings. The molecule has 2 amide bonds. The van der Waals surface area contributed by atoms with Gasteiger partial charge in [-0.15, -0.1) is 0 Å². The van der Waals surface area contributed by atoms with Crippen molar-refractivity contribution in [3.05, 3.63) is 92.9 Å². The van der Waals surface area contributed by atoms with Crippen LogP contribution in [-0.2, 0) is 26.2 Å². The number of carbonyl (C=O) groups is 2. The van der Waals surface area contributed by atoms with Gasteiger partial charge in [0, 0.05) is 18.1 Å². The second kappa shape index (κ2) is 12.8. The van der Waals surface area contributed by atoms with E-state index in [9.17, 15) is 18.0 Å². The number of nitrogens with zero attached hydrogens (tertiary/aromatic N) is 2. The molecule has 3 aromatic carbocycles. The monoisotopic (exact) mass is 595 g/mol. The number of aryl methyl sites for hydroxylation is 1. The average Bonchev–Trinajstić information content (AvgIpc) is 2.88. The van der Waals surface area contributed by atoms with Gasteiger partial charge in [0.15, 0.2) is 0 Å². The van der Waals surface area contributed by atoms with Gasteiger partial charge in [0.1, 0.15) is 12.6 Å². The lowest BCUT2D eigenvalue weighted by atomic mass is 10.1. The Hall–Kier alpha value is -2.78. The summed E-state index contributed by atoms with van der Waals surface area (Å²) in [5.74, 6) is -0.947. The Morgan fingerprint density at radius 2 is 1.55 bits per heavy atom. The van der Waals surface area contributed by atoms with E-state index in [1.807, 2.05) is 6.92 Å². The Labute approximate surface area is 238 Å². The van der Waals surface area contributed by atoms with Gasteiger partial charge in [-0.3, -0.25) is 13.9 Å². The third-order valence-corrected chi connectivity index (χ3v) is 8.64. The van der Waals surface area contributed by atoms with Crippen LogP contribution in [0.1, 0.15) is 25.0 Å². The van der Waals surface area contributed by atoms with Crippen LogP contribution in [0.15, 0.2) is 71.6 Å². The summed E-state index contributed by atoms with van der Waals surface area (Å²) in [4.78, 5) is 27.9. The van der Waals surface area contributed by atoms with Gasteiger partial charge in [0.2, 0.25) is 11.8 Å². The Morgan fingerprint density at radius 3 is 2.13 bits per heavy atom. The number of nitrogens with one attached hydrogen (secondary N) is 1. The second-order valence-corrected chi connectivity index (χ2v) is 11.8. The number of carbonyl (C=O) groups excluding carboxylic acids is 2. The molecule has 0 unspecified atom stereocenters. The molecule has 0 saturated heterocycles. The molecule has 1 N–H and O–H groups in total. The zero-order valence-corrected chi connectivity index (χ0v) is 24.2. The molecule has 0 radical (unpaired) electrons. The van der Waals surface area contributed by atoms with Crippen molar-refractivity contribution in [2.45, 2.75) is 38.3 Å². The topological polar surface area (TPSA) is 86.8 Å². The van der Waals surface area contributed by atoms with Gasteiger partial charge in [-0.05, 0) is 68.8 Å². The first kappa shape index (κ1) is 29.8. The summed E-state index contributed by atoms with van der Waals surface area (Å²) in [6.45, 7) is 5.07. The van der Waals surface area contributed by atoms with Crippen molar-refractivity contribution in [1.82, 2.24) is 10.2 Å². The van der Waals surface area contributed by atoms with Crippen LogP contribution >= 0.6 is 34.8 Å². The summed E-state index contributed by atoms with van der Waals surface area (Å²) < 4.78 is 28.5. The molecule has 0 spiro atoms. The predicted molar refractivity (Wildman–Crippen MR) is 152 cm³/mol. The molecule has 0 aromatic heterocycles. The summed E-state index contributed by atoms with van der Waals surface area (Å²) in [6, 6.07) is 16.6. The lowest BCUT2D eigenvalue weighted by Gasteiger charge is -2.32. The van der Waals surface area contributed by atoms with E-state index in [1.165, 1.54) is 35.2 Å². The van der Waals surface area contributed by atoms with E-state index >= 15 is 0 Å². The number of amides is 2. The largest absolute Gasteiger partial charge is 0.355 e. The Bertz CT molecular complexity index is 1400. The molecule has 0 saturated carbocycles. The molecule has 202 valence electrons. The maximum absolute atomic E-state index is 13.8. The minimum Gasteiger partial charge on any atom is -0.355 e. The highest BCUT2D eigenvalue weighted by Crippen LogP contribution is 2.31. The van der Waals surface area contributed by atoms with Crippen LogP contribution in [0.2, 0.25) is 15.1 Å². The highest BCUT2D eigenvalue weighted by Gasteiger charge is 2.32. The average molecular weight is 597 g/mol. The van der Waals surface area contributed by atoms with Crippen molar-refractivity contribution in [3.8, 4) is 0 Å². The van der Waals surface area contributed by atoms with Gasteiger partial charge >= 0.3 is 0 Å². The van der Waals surface area contributed by atoms with Crippen molar-refractivity contribution in [3.63, 3.8) is 0 Å². The molecule has 0 aliphatic heterocycles. The van der Waals surface area contributed by atoms with E-state index in [0.717, 1.165) is 15.4 Å². The van der Waals surface area contributed by atoms with Gasteiger partial charge in [0.05, 0.1) is 20.6 Å². The quantitative estimate of drug-likeness (QED) is 0.325. The first-order valence-corrected chi connectivity index (χ1v) is 14.4. The summed E-state index contributed by atoms with van der Waals surface area (Å²) in [7, 11) is -4.20. The summed E-state index contributed by atoms with van der Waals surface area (Å²) in [6.07, 6.45) is 0. The van der Waals surface area contributed by atoms with Crippen LogP contribution in [0.3, 0.4) is 0 Å². The Balaban J connectivity index is 2.05. The molecular weight excluding hydrogens is 569 g/mol. The molecule has 0 aliphatic rings. The number of rotatable bonds is 10. The van der Waals surface area contributed by atoms with Gasteiger partial charge in [0.25, 0.3) is 10.0 Å². The molecule has 0 aliphatic carbocycles. The molecule has 3 aromatic rings. The molecular formula is C27H28Cl3N3O4S. The van der Waals surface area contributed by atoms with Gasteiger partial charge in [-0.25, -0.2) is 8.42 Å². The minimum atomic E-state index is -4.20. The van der Waals surface area contributed by atoms with Gasteiger partial charge < -0.3 is 10.2 Å². The Morgan fingerprint density at radius 1 is 0.921 bits per heavy atom. The van der Waals surface area contributed by atoms with E-state index in [4.69, 9.17) is 34.8 Å². The fourth-order valence-corrected chi connectivity index (χ4v) is 5.52. The number of halogens is 3. The first-order chi connectivity index (χ1) is 17.9. The maximum Gasteiger partial charge on any atom is 0.264 e. The SMILES string of the molecule is CCNC(=O)[C@H](C)N(Cc1ccc(Cl)cc1)C(=O)CN(c1ccc(Cl)c(Cl)c1)S(=O)(=O)c1ccc(C)cc1. The van der Waals surface area contributed by atoms with Crippen molar-refractivity contribution >= 4 is 62.3 Å². The van der Waals surface area contributed by atoms with Crippen LogP contribution < -0.4 is 9.62 Å². The third-order valence-electron chi connectivity index (χ3n) is 5.86. The molecule has 3 rings (SSSR count). The van der Waals surface area contributed by atoms with Crippen LogP contribution in [-0.4, -0.2) is 44.3 Å². The van der Waals surface area contributed by atoms with E-state index in [1.54, 1.807) is 50.2 Å². The predicted octanol–water partition coefficient (Wildman–Crippen LogP) is 5.70. The smallest absolute Gasteiger partial charge is 0.264 e. The molecule has 7 nitrogen and oxygen atoms in total.